The monoisotopic (exact) mass is 214 g/mol. The third-order valence-electron chi connectivity index (χ3n) is 2.12. The normalized spacial score (nSPS) is 14.1. The van der Waals surface area contributed by atoms with Crippen molar-refractivity contribution in [2.45, 2.75) is 32.5 Å². The predicted molar refractivity (Wildman–Crippen MR) is 57.4 cm³/mol. The molecule has 0 saturated heterocycles. The second kappa shape index (κ2) is 3.89. The van der Waals surface area contributed by atoms with E-state index in [1.807, 2.05) is 13.0 Å². The lowest BCUT2D eigenvalue weighted by Crippen LogP contribution is -2.28. The molecular weight excluding hydrogens is 200 g/mol. The molecule has 1 unspecified atom stereocenters. The van der Waals surface area contributed by atoms with Crippen LogP contribution >= 0.6 is 11.6 Å². The molecule has 0 aromatic heterocycles. The van der Waals surface area contributed by atoms with Crippen molar-refractivity contribution >= 4 is 11.6 Å². The van der Waals surface area contributed by atoms with Crippen molar-refractivity contribution in [2.24, 2.45) is 0 Å². The minimum atomic E-state index is -1.18. The lowest BCUT2D eigenvalue weighted by atomic mass is 9.94. The van der Waals surface area contributed by atoms with E-state index in [-0.39, 0.29) is 0 Å². The predicted octanol–water partition coefficient (Wildman–Crippen LogP) is 2.45. The molecule has 2 nitrogen and oxygen atoms in total. The molecule has 0 heterocycles. The largest absolute Gasteiger partial charge is 0.387 e. The van der Waals surface area contributed by atoms with Gasteiger partial charge in [0.25, 0.3) is 0 Å². The van der Waals surface area contributed by atoms with E-state index in [0.717, 1.165) is 5.56 Å². The highest BCUT2D eigenvalue weighted by atomic mass is 35.5. The van der Waals surface area contributed by atoms with Crippen LogP contribution in [0, 0.1) is 6.92 Å². The molecular formula is C11H15ClO2. The van der Waals surface area contributed by atoms with Gasteiger partial charge in [-0.3, -0.25) is 0 Å². The summed E-state index contributed by atoms with van der Waals surface area (Å²) in [6.45, 7) is 5.02. The van der Waals surface area contributed by atoms with E-state index >= 15 is 0 Å². The van der Waals surface area contributed by atoms with Gasteiger partial charge in [0.05, 0.1) is 5.60 Å². The molecule has 0 spiro atoms. The first-order chi connectivity index (χ1) is 6.32. The van der Waals surface area contributed by atoms with Crippen LogP contribution in [0.5, 0.6) is 0 Å². The highest BCUT2D eigenvalue weighted by molar-refractivity contribution is 6.31. The average molecular weight is 215 g/mol. The Labute approximate surface area is 89.1 Å². The summed E-state index contributed by atoms with van der Waals surface area (Å²) in [4.78, 5) is 0. The average Bonchev–Trinajstić information content (AvgIpc) is 2.06. The van der Waals surface area contributed by atoms with Gasteiger partial charge in [0.1, 0.15) is 6.10 Å². The Morgan fingerprint density at radius 2 is 1.93 bits per heavy atom. The van der Waals surface area contributed by atoms with E-state index in [4.69, 9.17) is 11.6 Å². The van der Waals surface area contributed by atoms with Crippen molar-refractivity contribution in [1.29, 1.82) is 0 Å². The number of aliphatic hydroxyl groups is 2. The quantitative estimate of drug-likeness (QED) is 0.794. The standard InChI is InChI=1S/C11H15ClO2/c1-7-4-5-9(12)8(6-7)10(13)11(2,3)14/h4-6,10,13-14H,1-3H3. The summed E-state index contributed by atoms with van der Waals surface area (Å²) in [5, 5.41) is 20.0. The van der Waals surface area contributed by atoms with Crippen LogP contribution in [0.15, 0.2) is 18.2 Å². The van der Waals surface area contributed by atoms with Crippen molar-refractivity contribution in [1.82, 2.24) is 0 Å². The van der Waals surface area contributed by atoms with E-state index in [9.17, 15) is 10.2 Å². The zero-order valence-electron chi connectivity index (χ0n) is 8.58. The number of hydrogen-bond donors (Lipinski definition) is 2. The zero-order valence-corrected chi connectivity index (χ0v) is 9.34. The van der Waals surface area contributed by atoms with Crippen molar-refractivity contribution in [3.8, 4) is 0 Å². The van der Waals surface area contributed by atoms with Gasteiger partial charge in [0.15, 0.2) is 0 Å². The van der Waals surface area contributed by atoms with Crippen LogP contribution in [-0.2, 0) is 0 Å². The fraction of sp³-hybridized carbons (Fsp3) is 0.455. The molecule has 1 rings (SSSR count). The van der Waals surface area contributed by atoms with Crippen LogP contribution < -0.4 is 0 Å². The van der Waals surface area contributed by atoms with E-state index in [0.29, 0.717) is 10.6 Å². The first-order valence-corrected chi connectivity index (χ1v) is 4.86. The van der Waals surface area contributed by atoms with E-state index in [2.05, 4.69) is 0 Å². The molecule has 3 heteroatoms. The Kier molecular flexibility index (Phi) is 3.20. The van der Waals surface area contributed by atoms with Gasteiger partial charge in [0, 0.05) is 10.6 Å². The Balaban J connectivity index is 3.12. The summed E-state index contributed by atoms with van der Waals surface area (Å²) in [6, 6.07) is 5.37. The summed E-state index contributed by atoms with van der Waals surface area (Å²) < 4.78 is 0. The molecule has 1 aromatic rings. The number of aliphatic hydroxyl groups excluding tert-OH is 1. The lowest BCUT2D eigenvalue weighted by Gasteiger charge is -2.25. The first kappa shape index (κ1) is 11.5. The van der Waals surface area contributed by atoms with Crippen LogP contribution in [0.1, 0.15) is 31.1 Å². The first-order valence-electron chi connectivity index (χ1n) is 4.49. The van der Waals surface area contributed by atoms with Crippen LogP contribution in [0.3, 0.4) is 0 Å². The molecule has 0 aliphatic rings. The zero-order chi connectivity index (χ0) is 10.9. The van der Waals surface area contributed by atoms with Gasteiger partial charge in [-0.15, -0.1) is 0 Å². The van der Waals surface area contributed by atoms with Gasteiger partial charge in [-0.2, -0.15) is 0 Å². The molecule has 0 aliphatic carbocycles. The molecule has 1 atom stereocenters. The van der Waals surface area contributed by atoms with Gasteiger partial charge in [0.2, 0.25) is 0 Å². The molecule has 0 saturated carbocycles. The van der Waals surface area contributed by atoms with Crippen molar-refractivity contribution in [2.75, 3.05) is 0 Å². The molecule has 78 valence electrons. The van der Waals surface area contributed by atoms with E-state index < -0.39 is 11.7 Å². The van der Waals surface area contributed by atoms with Crippen LogP contribution in [0.25, 0.3) is 0 Å². The van der Waals surface area contributed by atoms with Crippen molar-refractivity contribution < 1.29 is 10.2 Å². The van der Waals surface area contributed by atoms with Gasteiger partial charge in [-0.25, -0.2) is 0 Å². The maximum Gasteiger partial charge on any atom is 0.109 e. The molecule has 0 bridgehead atoms. The highest BCUT2D eigenvalue weighted by Gasteiger charge is 2.27. The Morgan fingerprint density at radius 3 is 2.43 bits per heavy atom. The van der Waals surface area contributed by atoms with Crippen LogP contribution in [0.2, 0.25) is 5.02 Å². The molecule has 14 heavy (non-hydrogen) atoms. The Bertz CT molecular complexity index is 329. The molecule has 1 aromatic carbocycles. The van der Waals surface area contributed by atoms with Gasteiger partial charge in [-0.05, 0) is 26.8 Å². The number of hydrogen-bond acceptors (Lipinski definition) is 2. The summed E-state index contributed by atoms with van der Waals surface area (Å²) in [7, 11) is 0. The van der Waals surface area contributed by atoms with Gasteiger partial charge in [-0.1, -0.05) is 29.3 Å². The topological polar surface area (TPSA) is 40.5 Å². The molecule has 0 fully saturated rings. The van der Waals surface area contributed by atoms with Crippen LogP contribution in [-0.4, -0.2) is 15.8 Å². The fourth-order valence-electron chi connectivity index (χ4n) is 1.25. The summed E-state index contributed by atoms with van der Waals surface area (Å²) in [6.07, 6.45) is -0.963. The highest BCUT2D eigenvalue weighted by Crippen LogP contribution is 2.31. The second-order valence-electron chi connectivity index (χ2n) is 4.08. The number of benzene rings is 1. The van der Waals surface area contributed by atoms with Crippen molar-refractivity contribution in [3.05, 3.63) is 34.3 Å². The summed E-state index contributed by atoms with van der Waals surface area (Å²) >= 11 is 5.93. The van der Waals surface area contributed by atoms with E-state index in [1.165, 1.54) is 0 Å². The summed E-state index contributed by atoms with van der Waals surface area (Å²) in [5.41, 5.74) is 0.393. The minimum absolute atomic E-state index is 0.477. The maximum absolute atomic E-state index is 9.83. The molecule has 0 radical (unpaired) electrons. The van der Waals surface area contributed by atoms with Gasteiger partial charge >= 0.3 is 0 Å². The molecule has 0 aliphatic heterocycles. The smallest absolute Gasteiger partial charge is 0.109 e. The minimum Gasteiger partial charge on any atom is -0.387 e. The van der Waals surface area contributed by atoms with Crippen LogP contribution in [0.4, 0.5) is 0 Å². The van der Waals surface area contributed by atoms with Crippen molar-refractivity contribution in [3.63, 3.8) is 0 Å². The SMILES string of the molecule is Cc1ccc(Cl)c(C(O)C(C)(C)O)c1. The third-order valence-corrected chi connectivity index (χ3v) is 2.46. The van der Waals surface area contributed by atoms with E-state index in [1.54, 1.807) is 26.0 Å². The third kappa shape index (κ3) is 2.47. The number of aryl methyl sites for hydroxylation is 1. The second-order valence-corrected chi connectivity index (χ2v) is 4.49. The summed E-state index contributed by atoms with van der Waals surface area (Å²) in [5.74, 6) is 0. The van der Waals surface area contributed by atoms with Gasteiger partial charge < -0.3 is 10.2 Å². The fourth-order valence-corrected chi connectivity index (χ4v) is 1.47. The molecule has 0 amide bonds. The lowest BCUT2D eigenvalue weighted by molar-refractivity contribution is -0.0496. The maximum atomic E-state index is 9.83. The number of rotatable bonds is 2. The number of halogens is 1. The Hall–Kier alpha value is -0.570. The Morgan fingerprint density at radius 1 is 1.36 bits per heavy atom. The molecule has 2 N–H and O–H groups in total.